The van der Waals surface area contributed by atoms with Crippen LogP contribution in [0.1, 0.15) is 25.2 Å². The van der Waals surface area contributed by atoms with Crippen molar-refractivity contribution in [2.75, 3.05) is 14.2 Å². The summed E-state index contributed by atoms with van der Waals surface area (Å²) in [5.41, 5.74) is 0.753. The van der Waals surface area contributed by atoms with Gasteiger partial charge in [-0.05, 0) is 31.0 Å². The van der Waals surface area contributed by atoms with Crippen molar-refractivity contribution in [1.29, 1.82) is 0 Å². The molecule has 1 amide bonds. The average molecular weight is 317 g/mol. The summed E-state index contributed by atoms with van der Waals surface area (Å²) in [5, 5.41) is 6.77. The van der Waals surface area contributed by atoms with Gasteiger partial charge in [-0.25, -0.2) is 0 Å². The summed E-state index contributed by atoms with van der Waals surface area (Å²) in [6, 6.07) is 5.38. The fraction of sp³-hybridized carbons (Fsp3) is 0.438. The molecule has 0 saturated heterocycles. The molecule has 23 heavy (non-hydrogen) atoms. The first kappa shape index (κ1) is 15.3. The first-order chi connectivity index (χ1) is 11.2. The van der Waals surface area contributed by atoms with Crippen LogP contribution in [0.4, 0.5) is 0 Å². The Labute approximate surface area is 134 Å². The van der Waals surface area contributed by atoms with E-state index in [1.54, 1.807) is 26.4 Å². The largest absolute Gasteiger partial charge is 0.493 e. The van der Waals surface area contributed by atoms with Gasteiger partial charge in [0.15, 0.2) is 11.5 Å². The van der Waals surface area contributed by atoms with Gasteiger partial charge in [0.25, 0.3) is 0 Å². The highest BCUT2D eigenvalue weighted by Gasteiger charge is 2.25. The monoisotopic (exact) mass is 317 g/mol. The second kappa shape index (κ2) is 6.68. The summed E-state index contributed by atoms with van der Waals surface area (Å²) in [4.78, 5) is 16.1. The lowest BCUT2D eigenvalue weighted by Crippen LogP contribution is -2.34. The van der Waals surface area contributed by atoms with Gasteiger partial charge in [-0.1, -0.05) is 11.6 Å². The molecular formula is C16H19N3O4. The number of ether oxygens (including phenoxy) is 2. The highest BCUT2D eigenvalue weighted by atomic mass is 16.5. The van der Waals surface area contributed by atoms with Crippen LogP contribution in [0.25, 0.3) is 11.4 Å². The first-order valence-electron chi connectivity index (χ1n) is 7.54. The highest BCUT2D eigenvalue weighted by molar-refractivity contribution is 5.79. The van der Waals surface area contributed by atoms with Crippen LogP contribution < -0.4 is 14.8 Å². The van der Waals surface area contributed by atoms with Crippen LogP contribution in [0.15, 0.2) is 22.7 Å². The van der Waals surface area contributed by atoms with E-state index >= 15 is 0 Å². The van der Waals surface area contributed by atoms with E-state index in [9.17, 15) is 4.79 Å². The number of nitrogens with one attached hydrogen (secondary N) is 1. The molecule has 1 N–H and O–H groups in total. The minimum atomic E-state index is 0.0575. The number of benzene rings is 1. The zero-order valence-electron chi connectivity index (χ0n) is 13.2. The van der Waals surface area contributed by atoms with E-state index in [2.05, 4.69) is 15.5 Å². The molecule has 3 rings (SSSR count). The number of hydrogen-bond acceptors (Lipinski definition) is 6. The van der Waals surface area contributed by atoms with Crippen molar-refractivity contribution < 1.29 is 18.8 Å². The minimum absolute atomic E-state index is 0.0575. The Hall–Kier alpha value is -2.57. The van der Waals surface area contributed by atoms with E-state index in [4.69, 9.17) is 14.0 Å². The molecule has 1 aliphatic carbocycles. The Bertz CT molecular complexity index is 694. The van der Waals surface area contributed by atoms with Gasteiger partial charge in [-0.3, -0.25) is 4.79 Å². The fourth-order valence-electron chi connectivity index (χ4n) is 2.40. The smallest absolute Gasteiger partial charge is 0.246 e. The van der Waals surface area contributed by atoms with E-state index in [0.717, 1.165) is 24.8 Å². The molecule has 1 fully saturated rings. The summed E-state index contributed by atoms with van der Waals surface area (Å²) in [5.74, 6) is 2.24. The molecule has 0 radical (unpaired) electrons. The fourth-order valence-corrected chi connectivity index (χ4v) is 2.40. The third-order valence-electron chi connectivity index (χ3n) is 4.00. The van der Waals surface area contributed by atoms with Crippen molar-refractivity contribution >= 4 is 5.91 Å². The molecule has 1 aromatic carbocycles. The summed E-state index contributed by atoms with van der Waals surface area (Å²) in [6.07, 6.45) is 3.06. The molecule has 0 bridgehead atoms. The average Bonchev–Trinajstić information content (AvgIpc) is 2.99. The minimum Gasteiger partial charge on any atom is -0.493 e. The number of aromatic nitrogens is 2. The first-order valence-corrected chi connectivity index (χ1v) is 7.54. The van der Waals surface area contributed by atoms with Gasteiger partial charge < -0.3 is 19.3 Å². The summed E-state index contributed by atoms with van der Waals surface area (Å²) in [6.45, 7) is 0.246. The zero-order chi connectivity index (χ0) is 16.2. The van der Waals surface area contributed by atoms with Crippen LogP contribution in [0, 0.1) is 5.92 Å². The van der Waals surface area contributed by atoms with Gasteiger partial charge in [0.1, 0.15) is 0 Å². The normalized spacial score (nSPS) is 14.2. The molecule has 122 valence electrons. The highest BCUT2D eigenvalue weighted by Crippen LogP contribution is 2.31. The number of hydrogen-bond donors (Lipinski definition) is 1. The molecule has 2 aromatic rings. The van der Waals surface area contributed by atoms with Crippen LogP contribution in [0.2, 0.25) is 0 Å². The Morgan fingerprint density at radius 3 is 2.74 bits per heavy atom. The number of nitrogens with zero attached hydrogens (tertiary/aromatic N) is 2. The van der Waals surface area contributed by atoms with Crippen LogP contribution in [0.3, 0.4) is 0 Å². The lowest BCUT2D eigenvalue weighted by molar-refractivity contribution is -0.127. The van der Waals surface area contributed by atoms with Crippen molar-refractivity contribution in [2.45, 2.75) is 25.8 Å². The number of carbonyl (C=O) groups is 1. The molecule has 1 saturated carbocycles. The lowest BCUT2D eigenvalue weighted by Gasteiger charge is -2.23. The Kier molecular flexibility index (Phi) is 4.45. The Morgan fingerprint density at radius 1 is 1.30 bits per heavy atom. The van der Waals surface area contributed by atoms with Crippen molar-refractivity contribution in [2.24, 2.45) is 5.92 Å². The quantitative estimate of drug-likeness (QED) is 0.878. The van der Waals surface area contributed by atoms with Crippen LogP contribution in [-0.4, -0.2) is 30.3 Å². The van der Waals surface area contributed by atoms with E-state index in [1.165, 1.54) is 0 Å². The molecule has 1 aromatic heterocycles. The van der Waals surface area contributed by atoms with Gasteiger partial charge in [-0.15, -0.1) is 0 Å². The summed E-state index contributed by atoms with van der Waals surface area (Å²) in [7, 11) is 3.15. The SMILES string of the molecule is COc1ccc(-c2noc(CNC(=O)C3CCC3)n2)cc1OC. The van der Waals surface area contributed by atoms with Crippen molar-refractivity contribution in [3.8, 4) is 22.9 Å². The topological polar surface area (TPSA) is 86.5 Å². The molecule has 7 nitrogen and oxygen atoms in total. The number of amides is 1. The molecule has 7 heteroatoms. The van der Waals surface area contributed by atoms with Gasteiger partial charge >= 0.3 is 0 Å². The Morgan fingerprint density at radius 2 is 2.09 bits per heavy atom. The second-order valence-electron chi connectivity index (χ2n) is 5.43. The maximum absolute atomic E-state index is 11.8. The molecule has 1 aliphatic rings. The van der Waals surface area contributed by atoms with Crippen molar-refractivity contribution in [3.05, 3.63) is 24.1 Å². The van der Waals surface area contributed by atoms with Crippen LogP contribution in [0.5, 0.6) is 11.5 Å². The molecule has 1 heterocycles. The maximum Gasteiger partial charge on any atom is 0.246 e. The molecular weight excluding hydrogens is 298 g/mol. The van der Waals surface area contributed by atoms with E-state index < -0.39 is 0 Å². The Balaban J connectivity index is 1.67. The molecule has 0 spiro atoms. The van der Waals surface area contributed by atoms with Gasteiger partial charge in [-0.2, -0.15) is 4.98 Å². The predicted molar refractivity (Wildman–Crippen MR) is 82.0 cm³/mol. The molecule has 0 unspecified atom stereocenters. The number of carbonyl (C=O) groups excluding carboxylic acids is 1. The summed E-state index contributed by atoms with van der Waals surface area (Å²) < 4.78 is 15.6. The molecule has 0 aliphatic heterocycles. The maximum atomic E-state index is 11.8. The van der Waals surface area contributed by atoms with Gasteiger partial charge in [0.05, 0.1) is 20.8 Å². The van der Waals surface area contributed by atoms with Crippen molar-refractivity contribution in [1.82, 2.24) is 15.5 Å². The van der Waals surface area contributed by atoms with Gasteiger partial charge in [0.2, 0.25) is 17.6 Å². The molecule has 0 atom stereocenters. The third-order valence-corrected chi connectivity index (χ3v) is 4.00. The predicted octanol–water partition coefficient (Wildman–Crippen LogP) is 2.17. The number of methoxy groups -OCH3 is 2. The third kappa shape index (κ3) is 3.28. The van der Waals surface area contributed by atoms with Crippen LogP contribution in [-0.2, 0) is 11.3 Å². The summed E-state index contributed by atoms with van der Waals surface area (Å²) >= 11 is 0. The second-order valence-corrected chi connectivity index (χ2v) is 5.43. The van der Waals surface area contributed by atoms with Crippen molar-refractivity contribution in [3.63, 3.8) is 0 Å². The zero-order valence-corrected chi connectivity index (χ0v) is 13.2. The standard InChI is InChI=1S/C16H19N3O4/c1-21-12-7-6-11(8-13(12)22-2)15-18-14(23-19-15)9-17-16(20)10-4-3-5-10/h6-8,10H,3-5,9H2,1-2H3,(H,17,20). The van der Waals surface area contributed by atoms with E-state index in [1.807, 2.05) is 6.07 Å². The van der Waals surface area contributed by atoms with E-state index in [-0.39, 0.29) is 18.4 Å². The lowest BCUT2D eigenvalue weighted by atomic mass is 9.85. The van der Waals surface area contributed by atoms with E-state index in [0.29, 0.717) is 23.2 Å². The number of rotatable bonds is 6. The van der Waals surface area contributed by atoms with Crippen LogP contribution >= 0.6 is 0 Å². The van der Waals surface area contributed by atoms with Gasteiger partial charge in [0, 0.05) is 11.5 Å².